The number of ether oxygens (including phenoxy) is 2. The SMILES string of the molecule is CCNCc1nc(COCCOCC(C)C)cs1. The van der Waals surface area contributed by atoms with Crippen molar-refractivity contribution in [3.05, 3.63) is 16.1 Å². The third kappa shape index (κ3) is 7.06. The molecule has 4 nitrogen and oxygen atoms in total. The van der Waals surface area contributed by atoms with Crippen LogP contribution in [0.4, 0.5) is 0 Å². The summed E-state index contributed by atoms with van der Waals surface area (Å²) in [6.45, 7) is 10.9. The average molecular weight is 272 g/mol. The molecule has 0 amide bonds. The van der Waals surface area contributed by atoms with E-state index in [9.17, 15) is 0 Å². The Morgan fingerprint density at radius 3 is 2.83 bits per heavy atom. The number of hydrogen-bond donors (Lipinski definition) is 1. The molecule has 1 heterocycles. The van der Waals surface area contributed by atoms with Crippen molar-refractivity contribution in [2.24, 2.45) is 5.92 Å². The second-order valence-electron chi connectivity index (χ2n) is 4.53. The maximum absolute atomic E-state index is 5.52. The van der Waals surface area contributed by atoms with Gasteiger partial charge in [0.2, 0.25) is 0 Å². The molecule has 18 heavy (non-hydrogen) atoms. The summed E-state index contributed by atoms with van der Waals surface area (Å²) in [5, 5.41) is 6.43. The van der Waals surface area contributed by atoms with Crippen LogP contribution in [0.2, 0.25) is 0 Å². The topological polar surface area (TPSA) is 43.4 Å². The first-order valence-electron chi connectivity index (χ1n) is 6.51. The highest BCUT2D eigenvalue weighted by Gasteiger charge is 2.01. The smallest absolute Gasteiger partial charge is 0.107 e. The summed E-state index contributed by atoms with van der Waals surface area (Å²) in [6.07, 6.45) is 0. The van der Waals surface area contributed by atoms with Crippen LogP contribution < -0.4 is 5.32 Å². The van der Waals surface area contributed by atoms with E-state index in [1.54, 1.807) is 11.3 Å². The van der Waals surface area contributed by atoms with E-state index in [4.69, 9.17) is 9.47 Å². The molecule has 0 aliphatic carbocycles. The second-order valence-corrected chi connectivity index (χ2v) is 5.48. The Labute approximate surface area is 114 Å². The fraction of sp³-hybridized carbons (Fsp3) is 0.769. The number of nitrogens with zero attached hydrogens (tertiary/aromatic N) is 1. The van der Waals surface area contributed by atoms with Gasteiger partial charge >= 0.3 is 0 Å². The zero-order chi connectivity index (χ0) is 13.2. The van der Waals surface area contributed by atoms with Gasteiger partial charge in [-0.2, -0.15) is 0 Å². The van der Waals surface area contributed by atoms with Crippen LogP contribution in [-0.4, -0.2) is 31.3 Å². The van der Waals surface area contributed by atoms with Crippen LogP contribution in [0.1, 0.15) is 31.5 Å². The highest BCUT2D eigenvalue weighted by molar-refractivity contribution is 7.09. The number of rotatable bonds is 10. The Morgan fingerprint density at radius 2 is 2.11 bits per heavy atom. The molecule has 1 aromatic heterocycles. The Morgan fingerprint density at radius 1 is 1.33 bits per heavy atom. The first-order chi connectivity index (χ1) is 8.72. The van der Waals surface area contributed by atoms with Crippen molar-refractivity contribution in [2.75, 3.05) is 26.4 Å². The standard InChI is InChI=1S/C13H24N2O2S/c1-4-14-7-13-15-12(10-18-13)9-17-6-5-16-8-11(2)3/h10-11,14H,4-9H2,1-3H3. The van der Waals surface area contributed by atoms with Crippen molar-refractivity contribution in [3.8, 4) is 0 Å². The minimum atomic E-state index is 0.577. The molecule has 0 aliphatic rings. The fourth-order valence-electron chi connectivity index (χ4n) is 1.34. The van der Waals surface area contributed by atoms with Gasteiger partial charge in [0.15, 0.2) is 0 Å². The molecule has 0 saturated carbocycles. The van der Waals surface area contributed by atoms with E-state index in [2.05, 4.69) is 36.5 Å². The maximum Gasteiger partial charge on any atom is 0.107 e. The first kappa shape index (κ1) is 15.6. The van der Waals surface area contributed by atoms with Crippen molar-refractivity contribution < 1.29 is 9.47 Å². The summed E-state index contributed by atoms with van der Waals surface area (Å²) in [5.74, 6) is 0.581. The van der Waals surface area contributed by atoms with Gasteiger partial charge in [-0.1, -0.05) is 20.8 Å². The lowest BCUT2D eigenvalue weighted by atomic mass is 10.2. The van der Waals surface area contributed by atoms with Gasteiger partial charge in [-0.25, -0.2) is 4.98 Å². The molecule has 1 aromatic rings. The average Bonchev–Trinajstić information content (AvgIpc) is 2.78. The third-order valence-corrected chi connectivity index (χ3v) is 3.10. The van der Waals surface area contributed by atoms with Crippen molar-refractivity contribution in [3.63, 3.8) is 0 Å². The van der Waals surface area contributed by atoms with Gasteiger partial charge in [0.25, 0.3) is 0 Å². The summed E-state index contributed by atoms with van der Waals surface area (Å²) < 4.78 is 11.0. The van der Waals surface area contributed by atoms with E-state index in [1.807, 2.05) is 0 Å². The normalized spacial score (nSPS) is 11.3. The number of aromatic nitrogens is 1. The van der Waals surface area contributed by atoms with E-state index in [0.29, 0.717) is 25.7 Å². The first-order valence-corrected chi connectivity index (χ1v) is 7.39. The van der Waals surface area contributed by atoms with E-state index in [1.165, 1.54) is 0 Å². The molecule has 1 rings (SSSR count). The van der Waals surface area contributed by atoms with E-state index in [-0.39, 0.29) is 0 Å². The number of nitrogens with one attached hydrogen (secondary N) is 1. The molecule has 0 aliphatic heterocycles. The summed E-state index contributed by atoms with van der Waals surface area (Å²) in [7, 11) is 0. The van der Waals surface area contributed by atoms with Crippen molar-refractivity contribution >= 4 is 11.3 Å². The van der Waals surface area contributed by atoms with E-state index >= 15 is 0 Å². The quantitative estimate of drug-likeness (QED) is 0.664. The Hall–Kier alpha value is -0.490. The molecule has 0 aromatic carbocycles. The molecule has 0 spiro atoms. The Kier molecular flexibility index (Phi) is 8.17. The van der Waals surface area contributed by atoms with Gasteiger partial charge < -0.3 is 14.8 Å². The second kappa shape index (κ2) is 9.44. The predicted octanol–water partition coefficient (Wildman–Crippen LogP) is 2.44. The molecular formula is C13H24N2O2S. The lowest BCUT2D eigenvalue weighted by Gasteiger charge is -2.06. The maximum atomic E-state index is 5.52. The molecule has 0 fully saturated rings. The predicted molar refractivity (Wildman–Crippen MR) is 74.8 cm³/mol. The minimum absolute atomic E-state index is 0.577. The highest BCUT2D eigenvalue weighted by atomic mass is 32.1. The molecular weight excluding hydrogens is 248 g/mol. The largest absolute Gasteiger partial charge is 0.379 e. The van der Waals surface area contributed by atoms with Crippen LogP contribution in [0.5, 0.6) is 0 Å². The Bertz CT molecular complexity index is 316. The van der Waals surface area contributed by atoms with Crippen LogP contribution in [0.3, 0.4) is 0 Å². The molecule has 5 heteroatoms. The van der Waals surface area contributed by atoms with Gasteiger partial charge in [0.1, 0.15) is 5.01 Å². The van der Waals surface area contributed by atoms with Crippen molar-refractivity contribution in [2.45, 2.75) is 33.9 Å². The van der Waals surface area contributed by atoms with Crippen LogP contribution in [-0.2, 0) is 22.6 Å². The zero-order valence-electron chi connectivity index (χ0n) is 11.6. The molecule has 1 N–H and O–H groups in total. The van der Waals surface area contributed by atoms with Crippen LogP contribution in [0.25, 0.3) is 0 Å². The molecule has 0 saturated heterocycles. The monoisotopic (exact) mass is 272 g/mol. The third-order valence-electron chi connectivity index (χ3n) is 2.20. The van der Waals surface area contributed by atoms with Gasteiger partial charge in [0.05, 0.1) is 25.5 Å². The summed E-state index contributed by atoms with van der Waals surface area (Å²) in [5.41, 5.74) is 1.01. The number of hydrogen-bond acceptors (Lipinski definition) is 5. The van der Waals surface area contributed by atoms with Gasteiger partial charge in [-0.3, -0.25) is 0 Å². The summed E-state index contributed by atoms with van der Waals surface area (Å²) in [6, 6.07) is 0. The van der Waals surface area contributed by atoms with Crippen molar-refractivity contribution in [1.82, 2.24) is 10.3 Å². The molecule has 0 bridgehead atoms. The van der Waals surface area contributed by atoms with E-state index < -0.39 is 0 Å². The van der Waals surface area contributed by atoms with Crippen LogP contribution >= 0.6 is 11.3 Å². The molecule has 104 valence electrons. The highest BCUT2D eigenvalue weighted by Crippen LogP contribution is 2.10. The van der Waals surface area contributed by atoms with Crippen LogP contribution in [0.15, 0.2) is 5.38 Å². The molecule has 0 radical (unpaired) electrons. The molecule has 0 atom stereocenters. The lowest BCUT2D eigenvalue weighted by Crippen LogP contribution is -2.11. The van der Waals surface area contributed by atoms with Crippen LogP contribution in [0, 0.1) is 5.92 Å². The number of thiazole rings is 1. The Balaban J connectivity index is 2.06. The lowest BCUT2D eigenvalue weighted by molar-refractivity contribution is 0.0306. The van der Waals surface area contributed by atoms with Gasteiger partial charge in [-0.05, 0) is 12.5 Å². The van der Waals surface area contributed by atoms with E-state index in [0.717, 1.165) is 30.4 Å². The zero-order valence-corrected chi connectivity index (χ0v) is 12.4. The summed E-state index contributed by atoms with van der Waals surface area (Å²) >= 11 is 1.68. The van der Waals surface area contributed by atoms with Gasteiger partial charge in [-0.15, -0.1) is 11.3 Å². The fourth-order valence-corrected chi connectivity index (χ4v) is 2.09. The molecule has 0 unspecified atom stereocenters. The summed E-state index contributed by atoms with van der Waals surface area (Å²) in [4.78, 5) is 4.48. The van der Waals surface area contributed by atoms with Gasteiger partial charge in [0, 0.05) is 18.5 Å². The minimum Gasteiger partial charge on any atom is -0.379 e. The van der Waals surface area contributed by atoms with Crippen molar-refractivity contribution in [1.29, 1.82) is 0 Å².